The van der Waals surface area contributed by atoms with E-state index in [1.54, 1.807) is 24.3 Å². The number of hydrogen-bond acceptors (Lipinski definition) is 10. The van der Waals surface area contributed by atoms with Crippen LogP contribution in [0.1, 0.15) is 39.5 Å². The molecule has 1 aromatic heterocycles. The van der Waals surface area contributed by atoms with Gasteiger partial charge in [0.2, 0.25) is 15.9 Å². The zero-order valence-corrected chi connectivity index (χ0v) is 24.4. The van der Waals surface area contributed by atoms with Crippen LogP contribution >= 0.6 is 11.3 Å². The van der Waals surface area contributed by atoms with E-state index < -0.39 is 44.3 Å². The molecule has 0 spiro atoms. The normalized spacial score (nSPS) is 19.8. The minimum absolute atomic E-state index is 0.108. The lowest BCUT2D eigenvalue weighted by Crippen LogP contribution is -2.29. The summed E-state index contributed by atoms with van der Waals surface area (Å²) in [5.41, 5.74) is 1.65. The second-order valence-electron chi connectivity index (χ2n) is 9.76. The Hall–Kier alpha value is -4.95. The van der Waals surface area contributed by atoms with Gasteiger partial charge in [-0.2, -0.15) is 0 Å². The van der Waals surface area contributed by atoms with Crippen LogP contribution in [0.3, 0.4) is 0 Å². The number of aromatic nitrogens is 1. The molecule has 0 saturated carbocycles. The van der Waals surface area contributed by atoms with Gasteiger partial charge in [-0.1, -0.05) is 59.4 Å². The van der Waals surface area contributed by atoms with Crippen molar-refractivity contribution in [1.29, 1.82) is 0 Å². The number of nitrogens with one attached hydrogen (secondary N) is 1. The Morgan fingerprint density at radius 1 is 1.12 bits per heavy atom. The second-order valence-corrected chi connectivity index (χ2v) is 12.9. The molecular weight excluding hydrogens is 596 g/mol. The Bertz CT molecular complexity index is 1860. The number of ketones is 1. The first-order valence-corrected chi connectivity index (χ1v) is 15.2. The number of thiazole rings is 1. The molecule has 1 aliphatic carbocycles. The Balaban J connectivity index is 1.60. The number of hydrogen-bond donors (Lipinski definition) is 2. The third-order valence-electron chi connectivity index (χ3n) is 7.05. The standard InChI is InChI=1S/C29H24N4O8S2/c1-16-3-5-18(6-4-16)25(34)23-24(17-7-9-19(10-8-17)27(36)30-2)32(28(37)26(23)35)29-31-15-22(42-29)43(40,41)21-13-11-20(12-14-21)33(38)39/h3-11,13-15,20,24,34H,12H2,1-2H3,(H,30,36). The highest BCUT2D eigenvalue weighted by Crippen LogP contribution is 2.44. The number of rotatable bonds is 7. The topological polar surface area (TPSA) is 177 Å². The molecule has 2 aliphatic rings. The number of aliphatic hydroxyl groups excluding tert-OH is 1. The van der Waals surface area contributed by atoms with Crippen molar-refractivity contribution in [2.75, 3.05) is 11.9 Å². The van der Waals surface area contributed by atoms with E-state index in [0.29, 0.717) is 28.0 Å². The number of aliphatic hydroxyl groups is 1. The predicted molar refractivity (Wildman–Crippen MR) is 158 cm³/mol. The lowest BCUT2D eigenvalue weighted by molar-refractivity contribution is -0.508. The predicted octanol–water partition coefficient (Wildman–Crippen LogP) is 3.70. The number of allylic oxidation sites excluding steroid dienone is 1. The number of benzene rings is 2. The minimum Gasteiger partial charge on any atom is -0.507 e. The van der Waals surface area contributed by atoms with Crippen LogP contribution in [0.2, 0.25) is 0 Å². The Kier molecular flexibility index (Phi) is 7.82. The summed E-state index contributed by atoms with van der Waals surface area (Å²) in [6.45, 7) is 1.85. The number of sulfone groups is 1. The first-order chi connectivity index (χ1) is 20.4. The van der Waals surface area contributed by atoms with Gasteiger partial charge in [0.05, 0.1) is 22.7 Å². The summed E-state index contributed by atoms with van der Waals surface area (Å²) in [4.78, 5) is 54.6. The number of carbonyl (C=O) groups is 3. The Morgan fingerprint density at radius 2 is 1.77 bits per heavy atom. The number of aryl methyl sites for hydroxylation is 1. The number of carbonyl (C=O) groups excluding carboxylic acids is 3. The van der Waals surface area contributed by atoms with Gasteiger partial charge in [-0.3, -0.25) is 29.4 Å². The molecule has 3 aromatic rings. The molecule has 2 N–H and O–H groups in total. The summed E-state index contributed by atoms with van der Waals surface area (Å²) in [7, 11) is -2.68. The second kappa shape index (κ2) is 11.4. The summed E-state index contributed by atoms with van der Waals surface area (Å²) < 4.78 is 26.4. The quantitative estimate of drug-likeness (QED) is 0.131. The van der Waals surface area contributed by atoms with Crippen molar-refractivity contribution in [3.8, 4) is 0 Å². The van der Waals surface area contributed by atoms with Gasteiger partial charge in [0, 0.05) is 29.5 Å². The molecule has 1 fully saturated rings. The van der Waals surface area contributed by atoms with Crippen molar-refractivity contribution in [2.45, 2.75) is 29.6 Å². The summed E-state index contributed by atoms with van der Waals surface area (Å²) in [6.07, 6.45) is 4.55. The number of amides is 2. The summed E-state index contributed by atoms with van der Waals surface area (Å²) in [5, 5.41) is 24.7. The highest BCUT2D eigenvalue weighted by molar-refractivity contribution is 7.97. The molecule has 2 heterocycles. The van der Waals surface area contributed by atoms with Gasteiger partial charge in [0.25, 0.3) is 11.7 Å². The third-order valence-corrected chi connectivity index (χ3v) is 10.3. The van der Waals surface area contributed by atoms with Crippen LogP contribution < -0.4 is 10.2 Å². The van der Waals surface area contributed by atoms with Crippen LogP contribution in [0.25, 0.3) is 5.76 Å². The molecule has 220 valence electrons. The fourth-order valence-corrected chi connectivity index (χ4v) is 7.35. The highest BCUT2D eigenvalue weighted by atomic mass is 32.2. The van der Waals surface area contributed by atoms with Crippen molar-refractivity contribution in [1.82, 2.24) is 10.3 Å². The summed E-state index contributed by atoms with van der Waals surface area (Å²) >= 11 is 0.642. The average Bonchev–Trinajstić information content (AvgIpc) is 3.60. The van der Waals surface area contributed by atoms with E-state index in [1.165, 1.54) is 43.5 Å². The molecule has 14 heteroatoms. The maximum absolute atomic E-state index is 13.5. The minimum atomic E-state index is -4.15. The fraction of sp³-hybridized carbons (Fsp3) is 0.172. The molecule has 5 rings (SSSR count). The van der Waals surface area contributed by atoms with Crippen LogP contribution in [-0.4, -0.2) is 54.1 Å². The fourth-order valence-electron chi connectivity index (χ4n) is 4.72. The van der Waals surface area contributed by atoms with Crippen molar-refractivity contribution < 1.29 is 32.8 Å². The highest BCUT2D eigenvalue weighted by Gasteiger charge is 2.48. The number of anilines is 1. The maximum Gasteiger partial charge on any atom is 0.301 e. The molecule has 2 atom stereocenters. The first kappa shape index (κ1) is 29.5. The van der Waals surface area contributed by atoms with Gasteiger partial charge in [0.1, 0.15) is 9.97 Å². The number of nitrogens with zero attached hydrogens (tertiary/aromatic N) is 3. The molecule has 0 radical (unpaired) electrons. The summed E-state index contributed by atoms with van der Waals surface area (Å²) in [6, 6.07) is 10.5. The summed E-state index contributed by atoms with van der Waals surface area (Å²) in [5.74, 6) is -2.81. The molecule has 2 amide bonds. The maximum atomic E-state index is 13.5. The lowest BCUT2D eigenvalue weighted by Gasteiger charge is -2.23. The smallest absolute Gasteiger partial charge is 0.301 e. The van der Waals surface area contributed by atoms with E-state index in [4.69, 9.17) is 0 Å². The van der Waals surface area contributed by atoms with Crippen LogP contribution in [0.4, 0.5) is 5.13 Å². The van der Waals surface area contributed by atoms with Crippen LogP contribution in [0.15, 0.2) is 87.6 Å². The van der Waals surface area contributed by atoms with Crippen LogP contribution in [0, 0.1) is 17.0 Å². The molecular formula is C29H24N4O8S2. The molecule has 0 bridgehead atoms. The lowest BCUT2D eigenvalue weighted by atomic mass is 9.94. The van der Waals surface area contributed by atoms with E-state index in [0.717, 1.165) is 22.7 Å². The van der Waals surface area contributed by atoms with Crippen molar-refractivity contribution in [3.05, 3.63) is 116 Å². The molecule has 1 aliphatic heterocycles. The van der Waals surface area contributed by atoms with Gasteiger partial charge in [-0.25, -0.2) is 13.4 Å². The largest absolute Gasteiger partial charge is 0.507 e. The molecule has 43 heavy (non-hydrogen) atoms. The molecule has 2 aromatic carbocycles. The van der Waals surface area contributed by atoms with Crippen LogP contribution in [0.5, 0.6) is 0 Å². The zero-order chi connectivity index (χ0) is 31.1. The molecule has 2 unspecified atom stereocenters. The van der Waals surface area contributed by atoms with E-state index in [9.17, 15) is 38.0 Å². The Morgan fingerprint density at radius 3 is 2.35 bits per heavy atom. The van der Waals surface area contributed by atoms with Gasteiger partial charge >= 0.3 is 5.91 Å². The van der Waals surface area contributed by atoms with Gasteiger partial charge in [-0.15, -0.1) is 0 Å². The zero-order valence-electron chi connectivity index (χ0n) is 22.8. The van der Waals surface area contributed by atoms with Crippen LogP contribution in [-0.2, 0) is 19.4 Å². The van der Waals surface area contributed by atoms with Crippen molar-refractivity contribution >= 4 is 49.7 Å². The third kappa shape index (κ3) is 5.37. The van der Waals surface area contributed by atoms with E-state index >= 15 is 0 Å². The monoisotopic (exact) mass is 620 g/mol. The molecule has 12 nitrogen and oxygen atoms in total. The van der Waals surface area contributed by atoms with E-state index in [2.05, 4.69) is 10.3 Å². The van der Waals surface area contributed by atoms with Gasteiger partial charge in [-0.05, 0) is 36.8 Å². The van der Waals surface area contributed by atoms with Gasteiger partial charge < -0.3 is 10.4 Å². The van der Waals surface area contributed by atoms with Crippen molar-refractivity contribution in [3.63, 3.8) is 0 Å². The first-order valence-electron chi connectivity index (χ1n) is 12.9. The molecule has 1 saturated heterocycles. The average molecular weight is 621 g/mol. The number of Topliss-reactive ketones (excluding diaryl/α,β-unsaturated/α-hetero) is 1. The number of nitro groups is 1. The van der Waals surface area contributed by atoms with Gasteiger partial charge in [0.15, 0.2) is 5.13 Å². The van der Waals surface area contributed by atoms with E-state index in [1.807, 2.05) is 6.92 Å². The van der Waals surface area contributed by atoms with Crippen molar-refractivity contribution in [2.24, 2.45) is 0 Å². The Labute approximate surface area is 249 Å². The SMILES string of the molecule is CNC(=O)c1ccc(C2C(=C(O)c3ccc(C)cc3)C(=O)C(=O)N2c2ncc(S(=O)(=O)C3=CCC([N+](=O)[O-])C=C3)s2)cc1. The van der Waals surface area contributed by atoms with E-state index in [-0.39, 0.29) is 32.1 Å².